The van der Waals surface area contributed by atoms with E-state index in [2.05, 4.69) is 22.6 Å². The highest BCUT2D eigenvalue weighted by Gasteiger charge is 2.14. The lowest BCUT2D eigenvalue weighted by Crippen LogP contribution is -2.13. The first-order chi connectivity index (χ1) is 10.2. The van der Waals surface area contributed by atoms with Crippen molar-refractivity contribution in [2.45, 2.75) is 19.9 Å². The van der Waals surface area contributed by atoms with Crippen molar-refractivity contribution in [1.29, 1.82) is 0 Å². The molecule has 0 radical (unpaired) electrons. The van der Waals surface area contributed by atoms with Gasteiger partial charge in [0.2, 0.25) is 0 Å². The van der Waals surface area contributed by atoms with Crippen LogP contribution in [0.1, 0.15) is 19.0 Å². The van der Waals surface area contributed by atoms with E-state index in [1.165, 1.54) is 23.9 Å². The van der Waals surface area contributed by atoms with Gasteiger partial charge < -0.3 is 10.1 Å². The van der Waals surface area contributed by atoms with Crippen molar-refractivity contribution in [3.63, 3.8) is 0 Å². The van der Waals surface area contributed by atoms with Gasteiger partial charge in [0.05, 0.1) is 23.9 Å². The molecule has 8 nitrogen and oxygen atoms in total. The number of nitrogens with one attached hydrogen (secondary N) is 1. The summed E-state index contributed by atoms with van der Waals surface area (Å²) in [6.45, 7) is 3.58. The number of nitro groups is 1. The van der Waals surface area contributed by atoms with Gasteiger partial charge in [-0.1, -0.05) is 12.1 Å². The number of benzene rings is 1. The first-order valence-corrected chi connectivity index (χ1v) is 6.60. The summed E-state index contributed by atoms with van der Waals surface area (Å²) in [5, 5.41) is 22.1. The Labute approximate surface area is 121 Å². The molecule has 1 N–H and O–H groups in total. The number of rotatable bonds is 7. The monoisotopic (exact) mass is 291 g/mol. The van der Waals surface area contributed by atoms with Gasteiger partial charge in [0.1, 0.15) is 11.4 Å². The second-order valence-electron chi connectivity index (χ2n) is 4.44. The summed E-state index contributed by atoms with van der Waals surface area (Å²) < 4.78 is 6.70. The van der Waals surface area contributed by atoms with Crippen molar-refractivity contribution >= 4 is 5.69 Å². The molecule has 0 fully saturated rings. The van der Waals surface area contributed by atoms with E-state index in [1.54, 1.807) is 12.3 Å². The minimum absolute atomic E-state index is 0.0213. The standard InChI is InChI=1S/C13H17N5O3/c1-3-6-14-8-10-9-17(16-15-10)12-7-11(18(19)20)4-5-13(12)21-2/h4-5,7,9,14H,3,6,8H2,1-2H3. The van der Waals surface area contributed by atoms with Gasteiger partial charge in [-0.15, -0.1) is 5.10 Å². The largest absolute Gasteiger partial charge is 0.494 e. The Hall–Kier alpha value is -2.48. The Kier molecular flexibility index (Phi) is 4.83. The van der Waals surface area contributed by atoms with Crippen LogP contribution in [-0.2, 0) is 6.54 Å². The lowest BCUT2D eigenvalue weighted by Gasteiger charge is -2.07. The van der Waals surface area contributed by atoms with E-state index in [-0.39, 0.29) is 5.69 Å². The maximum Gasteiger partial charge on any atom is 0.271 e. The Bertz CT molecular complexity index is 626. The molecule has 1 heterocycles. The molecule has 2 aromatic rings. The van der Waals surface area contributed by atoms with Gasteiger partial charge in [-0.3, -0.25) is 10.1 Å². The normalized spacial score (nSPS) is 10.6. The van der Waals surface area contributed by atoms with Gasteiger partial charge in [-0.2, -0.15) is 0 Å². The molecule has 21 heavy (non-hydrogen) atoms. The summed E-state index contributed by atoms with van der Waals surface area (Å²) in [6, 6.07) is 4.35. The number of methoxy groups -OCH3 is 1. The summed E-state index contributed by atoms with van der Waals surface area (Å²) in [5.41, 5.74) is 1.23. The Morgan fingerprint density at radius 2 is 2.29 bits per heavy atom. The van der Waals surface area contributed by atoms with E-state index in [0.717, 1.165) is 18.7 Å². The third kappa shape index (κ3) is 3.54. The SMILES string of the molecule is CCCNCc1cn(-c2cc([N+](=O)[O-])ccc2OC)nn1. The van der Waals surface area contributed by atoms with E-state index in [1.807, 2.05) is 0 Å². The predicted molar refractivity (Wildman–Crippen MR) is 76.6 cm³/mol. The van der Waals surface area contributed by atoms with E-state index < -0.39 is 4.92 Å². The van der Waals surface area contributed by atoms with Crippen LogP contribution < -0.4 is 10.1 Å². The summed E-state index contributed by atoms with van der Waals surface area (Å²) in [4.78, 5) is 10.4. The van der Waals surface area contributed by atoms with Crippen molar-refractivity contribution in [1.82, 2.24) is 20.3 Å². The molecule has 0 aliphatic heterocycles. The molecular weight excluding hydrogens is 274 g/mol. The molecule has 2 rings (SSSR count). The third-order valence-electron chi connectivity index (χ3n) is 2.89. The van der Waals surface area contributed by atoms with Crippen LogP contribution in [0, 0.1) is 10.1 Å². The molecule has 0 unspecified atom stereocenters. The fourth-order valence-electron chi connectivity index (χ4n) is 1.86. The molecule has 1 aromatic heterocycles. The van der Waals surface area contributed by atoms with E-state index >= 15 is 0 Å². The van der Waals surface area contributed by atoms with Crippen LogP contribution in [0.4, 0.5) is 5.69 Å². The van der Waals surface area contributed by atoms with Crippen molar-refractivity contribution < 1.29 is 9.66 Å². The molecule has 0 saturated heterocycles. The number of nitro benzene ring substituents is 1. The van der Waals surface area contributed by atoms with Crippen LogP contribution in [0.3, 0.4) is 0 Å². The van der Waals surface area contributed by atoms with Crippen LogP contribution in [-0.4, -0.2) is 33.6 Å². The number of hydrogen-bond acceptors (Lipinski definition) is 6. The van der Waals surface area contributed by atoms with Crippen molar-refractivity contribution in [3.05, 3.63) is 40.2 Å². The van der Waals surface area contributed by atoms with Gasteiger partial charge in [0.15, 0.2) is 0 Å². The molecule has 0 saturated carbocycles. The summed E-state index contributed by atoms with van der Waals surface area (Å²) in [7, 11) is 1.51. The summed E-state index contributed by atoms with van der Waals surface area (Å²) in [6.07, 6.45) is 2.76. The highest BCUT2D eigenvalue weighted by Crippen LogP contribution is 2.26. The molecular formula is C13H17N5O3. The van der Waals surface area contributed by atoms with Crippen LogP contribution in [0.25, 0.3) is 5.69 Å². The first kappa shape index (κ1) is 14.9. The molecule has 0 aliphatic rings. The van der Waals surface area contributed by atoms with Crippen LogP contribution in [0.2, 0.25) is 0 Å². The fourth-order valence-corrected chi connectivity index (χ4v) is 1.86. The molecule has 0 bridgehead atoms. The number of ether oxygens (including phenoxy) is 1. The van der Waals surface area contributed by atoms with Gasteiger partial charge in [0.25, 0.3) is 5.69 Å². The smallest absolute Gasteiger partial charge is 0.271 e. The van der Waals surface area contributed by atoms with Gasteiger partial charge >= 0.3 is 0 Å². The first-order valence-electron chi connectivity index (χ1n) is 6.60. The lowest BCUT2D eigenvalue weighted by molar-refractivity contribution is -0.384. The maximum atomic E-state index is 10.9. The number of aromatic nitrogens is 3. The van der Waals surface area contributed by atoms with Crippen molar-refractivity contribution in [2.75, 3.05) is 13.7 Å². The van der Waals surface area contributed by atoms with E-state index in [0.29, 0.717) is 18.0 Å². The molecule has 0 spiro atoms. The highest BCUT2D eigenvalue weighted by atomic mass is 16.6. The fraction of sp³-hybridized carbons (Fsp3) is 0.385. The van der Waals surface area contributed by atoms with Crippen LogP contribution >= 0.6 is 0 Å². The molecule has 0 atom stereocenters. The predicted octanol–water partition coefficient (Wildman–Crippen LogP) is 1.68. The summed E-state index contributed by atoms with van der Waals surface area (Å²) in [5.74, 6) is 0.499. The van der Waals surface area contributed by atoms with Gasteiger partial charge in [0, 0.05) is 18.7 Å². The van der Waals surface area contributed by atoms with Gasteiger partial charge in [-0.25, -0.2) is 4.68 Å². The molecule has 8 heteroatoms. The zero-order valence-corrected chi connectivity index (χ0v) is 11.9. The van der Waals surface area contributed by atoms with Gasteiger partial charge in [-0.05, 0) is 19.0 Å². The second-order valence-corrected chi connectivity index (χ2v) is 4.44. The average Bonchev–Trinajstić information content (AvgIpc) is 2.95. The quantitative estimate of drug-likeness (QED) is 0.474. The topological polar surface area (TPSA) is 95.1 Å². The number of hydrogen-bond donors (Lipinski definition) is 1. The molecule has 0 amide bonds. The molecule has 1 aromatic carbocycles. The van der Waals surface area contributed by atoms with Crippen molar-refractivity contribution in [3.8, 4) is 11.4 Å². The Morgan fingerprint density at radius 3 is 2.95 bits per heavy atom. The van der Waals surface area contributed by atoms with Crippen molar-refractivity contribution in [2.24, 2.45) is 0 Å². The number of nitrogens with zero attached hydrogens (tertiary/aromatic N) is 4. The highest BCUT2D eigenvalue weighted by molar-refractivity contribution is 5.53. The molecule has 0 aliphatic carbocycles. The van der Waals surface area contributed by atoms with E-state index in [4.69, 9.17) is 4.74 Å². The zero-order valence-electron chi connectivity index (χ0n) is 11.9. The average molecular weight is 291 g/mol. The molecule has 112 valence electrons. The third-order valence-corrected chi connectivity index (χ3v) is 2.89. The summed E-state index contributed by atoms with van der Waals surface area (Å²) >= 11 is 0. The van der Waals surface area contributed by atoms with E-state index in [9.17, 15) is 10.1 Å². The maximum absolute atomic E-state index is 10.9. The Morgan fingerprint density at radius 1 is 1.48 bits per heavy atom. The minimum atomic E-state index is -0.455. The van der Waals surface area contributed by atoms with Crippen LogP contribution in [0.5, 0.6) is 5.75 Å². The lowest BCUT2D eigenvalue weighted by atomic mass is 10.2. The zero-order chi connectivity index (χ0) is 15.2. The minimum Gasteiger partial charge on any atom is -0.494 e. The Balaban J connectivity index is 2.27. The second kappa shape index (κ2) is 6.80. The number of non-ortho nitro benzene ring substituents is 1. The van der Waals surface area contributed by atoms with Crippen LogP contribution in [0.15, 0.2) is 24.4 Å².